The van der Waals surface area contributed by atoms with E-state index in [-0.39, 0.29) is 11.9 Å². The second kappa shape index (κ2) is 4.53. The van der Waals surface area contributed by atoms with E-state index in [2.05, 4.69) is 0 Å². The summed E-state index contributed by atoms with van der Waals surface area (Å²) in [5.74, 6) is 0.121. The molecule has 0 aromatic carbocycles. The Morgan fingerprint density at radius 1 is 1.44 bits per heavy atom. The van der Waals surface area contributed by atoms with Crippen LogP contribution in [0.1, 0.15) is 40.0 Å². The monoisotopic (exact) mass is 255 g/mol. The zero-order chi connectivity index (χ0) is 13.4. The van der Waals surface area contributed by atoms with Gasteiger partial charge in [-0.3, -0.25) is 4.79 Å². The van der Waals surface area contributed by atoms with E-state index in [0.29, 0.717) is 32.5 Å². The first-order valence-corrected chi connectivity index (χ1v) is 6.48. The molecule has 5 nitrogen and oxygen atoms in total. The SMILES string of the molecule is CC(C)(C)OC(=O)N1CCO[C@]2(CCCC2=O)C1. The lowest BCUT2D eigenvalue weighted by Crippen LogP contribution is -2.56. The number of morpholine rings is 1. The molecular weight excluding hydrogens is 234 g/mol. The summed E-state index contributed by atoms with van der Waals surface area (Å²) in [6, 6.07) is 0. The quantitative estimate of drug-likeness (QED) is 0.661. The summed E-state index contributed by atoms with van der Waals surface area (Å²) in [6.45, 7) is 6.74. The number of hydrogen-bond donors (Lipinski definition) is 0. The van der Waals surface area contributed by atoms with E-state index in [1.165, 1.54) is 0 Å². The summed E-state index contributed by atoms with van der Waals surface area (Å²) in [6.07, 6.45) is 1.76. The van der Waals surface area contributed by atoms with Crippen molar-refractivity contribution < 1.29 is 19.1 Å². The molecule has 0 aromatic rings. The molecule has 2 aliphatic rings. The van der Waals surface area contributed by atoms with Crippen LogP contribution in [0.25, 0.3) is 0 Å². The standard InChI is InChI=1S/C13H21NO4/c1-12(2,3)18-11(16)14-7-8-17-13(9-14)6-4-5-10(13)15/h4-9H2,1-3H3/t13-/m1/s1. The van der Waals surface area contributed by atoms with Crippen LogP contribution in [-0.2, 0) is 14.3 Å². The van der Waals surface area contributed by atoms with Gasteiger partial charge < -0.3 is 14.4 Å². The molecule has 0 unspecified atom stereocenters. The fraction of sp³-hybridized carbons (Fsp3) is 0.846. The topological polar surface area (TPSA) is 55.8 Å². The van der Waals surface area contributed by atoms with Crippen molar-refractivity contribution in [2.75, 3.05) is 19.7 Å². The molecule has 1 atom stereocenters. The summed E-state index contributed by atoms with van der Waals surface area (Å²) in [5.41, 5.74) is -1.27. The van der Waals surface area contributed by atoms with Crippen molar-refractivity contribution in [2.45, 2.75) is 51.2 Å². The maximum absolute atomic E-state index is 12.0. The number of carbonyl (C=O) groups excluding carboxylic acids is 2. The van der Waals surface area contributed by atoms with Crippen molar-refractivity contribution >= 4 is 11.9 Å². The molecule has 0 bridgehead atoms. The lowest BCUT2D eigenvalue weighted by molar-refractivity contribution is -0.151. The highest BCUT2D eigenvalue weighted by Crippen LogP contribution is 2.33. The van der Waals surface area contributed by atoms with Crippen LogP contribution in [0.5, 0.6) is 0 Å². The Morgan fingerprint density at radius 3 is 2.72 bits per heavy atom. The number of nitrogens with zero attached hydrogens (tertiary/aromatic N) is 1. The first-order chi connectivity index (χ1) is 8.32. The van der Waals surface area contributed by atoms with Gasteiger partial charge in [-0.15, -0.1) is 0 Å². The van der Waals surface area contributed by atoms with Gasteiger partial charge in [-0.25, -0.2) is 4.79 Å². The number of carbonyl (C=O) groups is 2. The number of amides is 1. The van der Waals surface area contributed by atoms with Gasteiger partial charge in [0.2, 0.25) is 0 Å². The summed E-state index contributed by atoms with van der Waals surface area (Å²) in [5, 5.41) is 0. The predicted molar refractivity (Wildman–Crippen MR) is 65.3 cm³/mol. The van der Waals surface area contributed by atoms with Crippen molar-refractivity contribution in [3.8, 4) is 0 Å². The average molecular weight is 255 g/mol. The molecule has 1 heterocycles. The van der Waals surface area contributed by atoms with Gasteiger partial charge in [-0.05, 0) is 33.6 Å². The van der Waals surface area contributed by atoms with Gasteiger partial charge in [0.25, 0.3) is 0 Å². The molecule has 1 saturated carbocycles. The minimum Gasteiger partial charge on any atom is -0.444 e. The molecule has 0 N–H and O–H groups in total. The van der Waals surface area contributed by atoms with E-state index in [4.69, 9.17) is 9.47 Å². The van der Waals surface area contributed by atoms with Crippen LogP contribution >= 0.6 is 0 Å². The normalized spacial score (nSPS) is 28.8. The van der Waals surface area contributed by atoms with Gasteiger partial charge >= 0.3 is 6.09 Å². The van der Waals surface area contributed by atoms with Crippen LogP contribution in [0.15, 0.2) is 0 Å². The zero-order valence-corrected chi connectivity index (χ0v) is 11.3. The van der Waals surface area contributed by atoms with Crippen LogP contribution in [0.3, 0.4) is 0 Å². The number of rotatable bonds is 0. The third kappa shape index (κ3) is 2.66. The van der Waals surface area contributed by atoms with Gasteiger partial charge in [0.05, 0.1) is 13.2 Å². The Kier molecular flexibility index (Phi) is 3.36. The van der Waals surface area contributed by atoms with E-state index in [1.54, 1.807) is 4.90 Å². The predicted octanol–water partition coefficient (Wildman–Crippen LogP) is 1.75. The van der Waals surface area contributed by atoms with E-state index >= 15 is 0 Å². The smallest absolute Gasteiger partial charge is 0.410 e. The Balaban J connectivity index is 2.03. The molecule has 1 aliphatic carbocycles. The molecule has 18 heavy (non-hydrogen) atoms. The van der Waals surface area contributed by atoms with E-state index in [1.807, 2.05) is 20.8 Å². The fourth-order valence-electron chi connectivity index (χ4n) is 2.49. The Morgan fingerprint density at radius 2 is 2.17 bits per heavy atom. The van der Waals surface area contributed by atoms with Crippen molar-refractivity contribution in [1.82, 2.24) is 4.90 Å². The first-order valence-electron chi connectivity index (χ1n) is 6.48. The van der Waals surface area contributed by atoms with E-state index in [0.717, 1.165) is 6.42 Å². The summed E-state index contributed by atoms with van der Waals surface area (Å²) < 4.78 is 11.0. The maximum Gasteiger partial charge on any atom is 0.410 e. The second-order valence-electron chi connectivity index (χ2n) is 6.02. The highest BCUT2D eigenvalue weighted by atomic mass is 16.6. The van der Waals surface area contributed by atoms with Crippen LogP contribution in [0.4, 0.5) is 4.79 Å². The van der Waals surface area contributed by atoms with Crippen LogP contribution < -0.4 is 0 Å². The largest absolute Gasteiger partial charge is 0.444 e. The average Bonchev–Trinajstić information content (AvgIpc) is 2.58. The number of Topliss-reactive ketones (excluding diaryl/α,β-unsaturated/α-hetero) is 1. The van der Waals surface area contributed by atoms with Crippen LogP contribution in [-0.4, -0.2) is 47.7 Å². The minimum atomic E-state index is -0.755. The second-order valence-corrected chi connectivity index (χ2v) is 6.02. The maximum atomic E-state index is 12.0. The molecule has 102 valence electrons. The van der Waals surface area contributed by atoms with Crippen molar-refractivity contribution in [1.29, 1.82) is 0 Å². The molecule has 1 spiro atoms. The van der Waals surface area contributed by atoms with Gasteiger partial charge in [0, 0.05) is 13.0 Å². The Bertz CT molecular complexity index is 360. The molecule has 0 aromatic heterocycles. The first kappa shape index (κ1) is 13.3. The van der Waals surface area contributed by atoms with E-state index < -0.39 is 11.2 Å². The minimum absolute atomic E-state index is 0.121. The van der Waals surface area contributed by atoms with Crippen LogP contribution in [0.2, 0.25) is 0 Å². The molecule has 1 amide bonds. The van der Waals surface area contributed by atoms with Gasteiger partial charge in [-0.1, -0.05) is 0 Å². The molecule has 2 fully saturated rings. The zero-order valence-electron chi connectivity index (χ0n) is 11.3. The fourth-order valence-corrected chi connectivity index (χ4v) is 2.49. The summed E-state index contributed by atoms with van der Waals surface area (Å²) in [7, 11) is 0. The van der Waals surface area contributed by atoms with Crippen molar-refractivity contribution in [2.24, 2.45) is 0 Å². The lowest BCUT2D eigenvalue weighted by Gasteiger charge is -2.39. The van der Waals surface area contributed by atoms with Gasteiger partial charge in [0.15, 0.2) is 5.78 Å². The van der Waals surface area contributed by atoms with Crippen molar-refractivity contribution in [3.05, 3.63) is 0 Å². The number of ether oxygens (including phenoxy) is 2. The highest BCUT2D eigenvalue weighted by Gasteiger charge is 2.47. The third-order valence-electron chi connectivity index (χ3n) is 3.33. The molecule has 0 radical (unpaired) electrons. The molecule has 1 aliphatic heterocycles. The van der Waals surface area contributed by atoms with Gasteiger partial charge in [0.1, 0.15) is 11.2 Å². The van der Waals surface area contributed by atoms with Crippen molar-refractivity contribution in [3.63, 3.8) is 0 Å². The Hall–Kier alpha value is -1.10. The summed E-state index contributed by atoms with van der Waals surface area (Å²) >= 11 is 0. The summed E-state index contributed by atoms with van der Waals surface area (Å²) in [4.78, 5) is 25.5. The Labute approximate surface area is 107 Å². The third-order valence-corrected chi connectivity index (χ3v) is 3.33. The molecular formula is C13H21NO4. The van der Waals surface area contributed by atoms with Gasteiger partial charge in [-0.2, -0.15) is 0 Å². The molecule has 1 saturated heterocycles. The molecule has 2 rings (SSSR count). The molecule has 5 heteroatoms. The highest BCUT2D eigenvalue weighted by molar-refractivity contribution is 5.90. The van der Waals surface area contributed by atoms with Crippen LogP contribution in [0, 0.1) is 0 Å². The lowest BCUT2D eigenvalue weighted by atomic mass is 9.99. The number of hydrogen-bond acceptors (Lipinski definition) is 4. The van der Waals surface area contributed by atoms with E-state index in [9.17, 15) is 9.59 Å². The number of ketones is 1.